The summed E-state index contributed by atoms with van der Waals surface area (Å²) in [6.45, 7) is 2.64. The van der Waals surface area contributed by atoms with Crippen molar-refractivity contribution >= 4 is 17.1 Å². The summed E-state index contributed by atoms with van der Waals surface area (Å²) in [5, 5.41) is 20.6. The SMILES string of the molecule is COCCN(CCOC)c1ccc([N+](=O)[O-])cc1.O=[N+]([O-])c1ccc(F)cc1. The van der Waals surface area contributed by atoms with Crippen molar-refractivity contribution in [2.45, 2.75) is 0 Å². The first kappa shape index (κ1) is 22.9. The molecule has 0 unspecified atom stereocenters. The van der Waals surface area contributed by atoms with E-state index < -0.39 is 15.7 Å². The van der Waals surface area contributed by atoms with Gasteiger partial charge in [-0.15, -0.1) is 0 Å². The lowest BCUT2D eigenvalue weighted by Gasteiger charge is -2.24. The van der Waals surface area contributed by atoms with Crippen LogP contribution >= 0.6 is 0 Å². The van der Waals surface area contributed by atoms with Crippen LogP contribution in [0.5, 0.6) is 0 Å². The largest absolute Gasteiger partial charge is 0.383 e. The molecule has 0 atom stereocenters. The molecule has 0 saturated heterocycles. The lowest BCUT2D eigenvalue weighted by Crippen LogP contribution is -2.30. The Morgan fingerprint density at radius 1 is 0.821 bits per heavy atom. The van der Waals surface area contributed by atoms with E-state index in [4.69, 9.17) is 9.47 Å². The summed E-state index contributed by atoms with van der Waals surface area (Å²) in [4.78, 5) is 21.7. The Hall–Kier alpha value is -3.11. The number of methoxy groups -OCH3 is 2. The van der Waals surface area contributed by atoms with Gasteiger partial charge in [0.1, 0.15) is 5.82 Å². The number of anilines is 1. The molecule has 0 saturated carbocycles. The molecule has 9 nitrogen and oxygen atoms in total. The van der Waals surface area contributed by atoms with Crippen LogP contribution in [-0.2, 0) is 9.47 Å². The van der Waals surface area contributed by atoms with E-state index in [9.17, 15) is 24.6 Å². The van der Waals surface area contributed by atoms with Crippen LogP contribution in [-0.4, -0.2) is 50.4 Å². The fourth-order valence-corrected chi connectivity index (χ4v) is 2.12. The van der Waals surface area contributed by atoms with Crippen LogP contribution in [0.4, 0.5) is 21.5 Å². The second-order valence-electron chi connectivity index (χ2n) is 5.48. The number of benzene rings is 2. The highest BCUT2D eigenvalue weighted by Gasteiger charge is 2.09. The third-order valence-electron chi connectivity index (χ3n) is 3.59. The third kappa shape index (κ3) is 8.06. The van der Waals surface area contributed by atoms with Gasteiger partial charge in [-0.1, -0.05) is 0 Å². The maximum atomic E-state index is 12.1. The predicted molar refractivity (Wildman–Crippen MR) is 102 cm³/mol. The first-order valence-electron chi connectivity index (χ1n) is 8.26. The van der Waals surface area contributed by atoms with Crippen molar-refractivity contribution in [3.8, 4) is 0 Å². The van der Waals surface area contributed by atoms with E-state index in [1.807, 2.05) is 0 Å². The molecule has 0 spiro atoms. The van der Waals surface area contributed by atoms with E-state index in [0.29, 0.717) is 13.2 Å². The van der Waals surface area contributed by atoms with E-state index in [2.05, 4.69) is 4.90 Å². The summed E-state index contributed by atoms with van der Waals surface area (Å²) >= 11 is 0. The van der Waals surface area contributed by atoms with Gasteiger partial charge in [-0.25, -0.2) is 4.39 Å². The number of rotatable bonds is 9. The third-order valence-corrected chi connectivity index (χ3v) is 3.59. The van der Waals surface area contributed by atoms with Gasteiger partial charge in [-0.3, -0.25) is 20.2 Å². The van der Waals surface area contributed by atoms with E-state index in [0.717, 1.165) is 43.0 Å². The summed E-state index contributed by atoms with van der Waals surface area (Å²) in [5.74, 6) is -0.467. The summed E-state index contributed by atoms with van der Waals surface area (Å²) in [6, 6.07) is 10.8. The number of nitro benzene ring substituents is 2. The Bertz CT molecular complexity index is 732. The molecule has 0 N–H and O–H groups in total. The van der Waals surface area contributed by atoms with Crippen LogP contribution in [0.1, 0.15) is 0 Å². The first-order chi connectivity index (χ1) is 13.4. The van der Waals surface area contributed by atoms with Gasteiger partial charge in [0.05, 0.1) is 23.1 Å². The van der Waals surface area contributed by atoms with Crippen molar-refractivity contribution in [2.24, 2.45) is 0 Å². The zero-order valence-corrected chi connectivity index (χ0v) is 15.6. The standard InChI is InChI=1S/C12H18N2O4.C6H4FNO2/c1-17-9-7-13(8-10-18-2)11-3-5-12(6-4-11)14(15)16;7-5-1-3-6(4-2-5)8(9)10/h3-6H,7-10H2,1-2H3;1-4H. The molecule has 0 fully saturated rings. The molecule has 0 radical (unpaired) electrons. The monoisotopic (exact) mass is 395 g/mol. The molecule has 0 aliphatic heterocycles. The van der Waals surface area contributed by atoms with E-state index in [1.54, 1.807) is 26.4 Å². The number of hydrogen-bond acceptors (Lipinski definition) is 7. The van der Waals surface area contributed by atoms with Crippen LogP contribution in [0.15, 0.2) is 48.5 Å². The average Bonchev–Trinajstić information content (AvgIpc) is 2.69. The number of ether oxygens (including phenoxy) is 2. The van der Waals surface area contributed by atoms with Crippen molar-refractivity contribution in [1.29, 1.82) is 0 Å². The highest BCUT2D eigenvalue weighted by molar-refractivity contribution is 5.50. The number of nitro groups is 2. The number of hydrogen-bond donors (Lipinski definition) is 0. The lowest BCUT2D eigenvalue weighted by atomic mass is 10.2. The average molecular weight is 395 g/mol. The number of non-ortho nitro benzene ring substituents is 2. The summed E-state index contributed by atoms with van der Waals surface area (Å²) in [6.07, 6.45) is 0. The van der Waals surface area contributed by atoms with Crippen LogP contribution in [0.25, 0.3) is 0 Å². The zero-order chi connectivity index (χ0) is 20.9. The van der Waals surface area contributed by atoms with Crippen molar-refractivity contribution in [3.05, 3.63) is 74.6 Å². The fourth-order valence-electron chi connectivity index (χ4n) is 2.12. The smallest absolute Gasteiger partial charge is 0.269 e. The molecule has 28 heavy (non-hydrogen) atoms. The van der Waals surface area contributed by atoms with Gasteiger partial charge in [0.2, 0.25) is 0 Å². The summed E-state index contributed by atoms with van der Waals surface area (Å²) < 4.78 is 22.2. The molecule has 0 amide bonds. The normalized spacial score (nSPS) is 9.96. The minimum atomic E-state index is -0.570. The van der Waals surface area contributed by atoms with Gasteiger partial charge < -0.3 is 14.4 Å². The van der Waals surface area contributed by atoms with Gasteiger partial charge in [-0.05, 0) is 24.3 Å². The molecule has 0 aromatic heterocycles. The lowest BCUT2D eigenvalue weighted by molar-refractivity contribution is -0.385. The van der Waals surface area contributed by atoms with Crippen molar-refractivity contribution < 1.29 is 23.7 Å². The quantitative estimate of drug-likeness (QED) is 0.473. The van der Waals surface area contributed by atoms with Crippen molar-refractivity contribution in [3.63, 3.8) is 0 Å². The van der Waals surface area contributed by atoms with E-state index in [-0.39, 0.29) is 11.4 Å². The molecule has 152 valence electrons. The minimum absolute atomic E-state index is 0.0946. The second kappa shape index (κ2) is 12.3. The van der Waals surface area contributed by atoms with Crippen LogP contribution in [0.3, 0.4) is 0 Å². The number of nitrogens with zero attached hydrogens (tertiary/aromatic N) is 3. The Morgan fingerprint density at radius 2 is 1.21 bits per heavy atom. The van der Waals surface area contributed by atoms with E-state index in [1.165, 1.54) is 12.1 Å². The molecule has 2 aromatic carbocycles. The topological polar surface area (TPSA) is 108 Å². The molecule has 0 aliphatic rings. The molecule has 10 heteroatoms. The maximum absolute atomic E-state index is 12.1. The molecule has 2 rings (SSSR count). The minimum Gasteiger partial charge on any atom is -0.383 e. The van der Waals surface area contributed by atoms with Crippen LogP contribution < -0.4 is 4.90 Å². The van der Waals surface area contributed by atoms with Crippen LogP contribution in [0, 0.1) is 26.0 Å². The van der Waals surface area contributed by atoms with Gasteiger partial charge in [0, 0.05) is 57.3 Å². The fraction of sp³-hybridized carbons (Fsp3) is 0.333. The first-order valence-corrected chi connectivity index (χ1v) is 8.26. The Labute approximate surface area is 161 Å². The summed E-state index contributed by atoms with van der Waals surface area (Å²) in [5.41, 5.74) is 0.924. The molecule has 2 aromatic rings. The van der Waals surface area contributed by atoms with Gasteiger partial charge in [-0.2, -0.15) is 0 Å². The van der Waals surface area contributed by atoms with Gasteiger partial charge in [0.25, 0.3) is 11.4 Å². The molecule has 0 bridgehead atoms. The molecular formula is C18H22FN3O6. The predicted octanol–water partition coefficient (Wildman–Crippen LogP) is 3.43. The number of halogens is 1. The molecule has 0 aliphatic carbocycles. The molecule has 0 heterocycles. The van der Waals surface area contributed by atoms with Gasteiger partial charge in [0.15, 0.2) is 0 Å². The Kier molecular flexibility index (Phi) is 10.1. The summed E-state index contributed by atoms with van der Waals surface area (Å²) in [7, 11) is 3.29. The Morgan fingerprint density at radius 3 is 1.57 bits per heavy atom. The zero-order valence-electron chi connectivity index (χ0n) is 15.6. The maximum Gasteiger partial charge on any atom is 0.269 e. The van der Waals surface area contributed by atoms with E-state index >= 15 is 0 Å². The highest BCUT2D eigenvalue weighted by Crippen LogP contribution is 2.19. The van der Waals surface area contributed by atoms with Crippen molar-refractivity contribution in [1.82, 2.24) is 0 Å². The van der Waals surface area contributed by atoms with Crippen molar-refractivity contribution in [2.75, 3.05) is 45.4 Å². The second-order valence-corrected chi connectivity index (χ2v) is 5.48. The molecular weight excluding hydrogens is 373 g/mol. The highest BCUT2D eigenvalue weighted by atomic mass is 19.1. The Balaban J connectivity index is 0.000000330. The van der Waals surface area contributed by atoms with Crippen LogP contribution in [0.2, 0.25) is 0 Å². The van der Waals surface area contributed by atoms with Gasteiger partial charge >= 0.3 is 0 Å².